The van der Waals surface area contributed by atoms with Crippen molar-refractivity contribution in [3.05, 3.63) is 65.4 Å². The lowest BCUT2D eigenvalue weighted by Crippen LogP contribution is -2.13. The molecule has 1 amide bonds. The van der Waals surface area contributed by atoms with Crippen molar-refractivity contribution in [1.29, 1.82) is 0 Å². The van der Waals surface area contributed by atoms with E-state index in [1.807, 2.05) is 10.7 Å². The topological polar surface area (TPSA) is 73.8 Å². The highest BCUT2D eigenvalue weighted by Gasteiger charge is 2.33. The average molecular weight is 362 g/mol. The Hall–Kier alpha value is -3.02. The number of halogens is 1. The van der Waals surface area contributed by atoms with Crippen LogP contribution in [0.25, 0.3) is 16.9 Å². The molecule has 2 saturated carbocycles. The van der Waals surface area contributed by atoms with Crippen molar-refractivity contribution in [2.75, 3.05) is 0 Å². The number of benzene rings is 1. The molecule has 5 rings (SSSR count). The molecule has 0 aliphatic heterocycles. The Kier molecular flexibility index (Phi) is 3.60. The number of nitrogens with zero attached hydrogens (tertiary/aromatic N) is 3. The van der Waals surface area contributed by atoms with Gasteiger partial charge in [-0.2, -0.15) is 5.10 Å². The largest absolute Gasteiger partial charge is 0.366 e. The summed E-state index contributed by atoms with van der Waals surface area (Å²) in [6, 6.07) is 10.5. The maximum Gasteiger partial charge on any atom is 0.251 e. The number of aromatic nitrogens is 3. The molecule has 0 bridgehead atoms. The SMILES string of the molecule is NC(=O)c1cccc(-c2ccc(-n3nc(C4CC4)cc3C3CC3)nc2)c1F. The van der Waals surface area contributed by atoms with E-state index in [4.69, 9.17) is 10.8 Å². The van der Waals surface area contributed by atoms with Gasteiger partial charge in [0.2, 0.25) is 0 Å². The Morgan fingerprint density at radius 1 is 1.11 bits per heavy atom. The number of amides is 1. The van der Waals surface area contributed by atoms with Gasteiger partial charge in [-0.3, -0.25) is 4.79 Å². The van der Waals surface area contributed by atoms with Crippen molar-refractivity contribution >= 4 is 5.91 Å². The van der Waals surface area contributed by atoms with Gasteiger partial charge in [0.1, 0.15) is 5.82 Å². The first-order valence-corrected chi connectivity index (χ1v) is 9.27. The molecule has 0 radical (unpaired) electrons. The van der Waals surface area contributed by atoms with Gasteiger partial charge in [0.05, 0.1) is 11.3 Å². The molecule has 136 valence electrons. The molecule has 0 saturated heterocycles. The summed E-state index contributed by atoms with van der Waals surface area (Å²) in [7, 11) is 0. The molecule has 2 fully saturated rings. The number of carbonyl (C=O) groups excluding carboxylic acids is 1. The summed E-state index contributed by atoms with van der Waals surface area (Å²) in [5.41, 5.74) is 8.41. The van der Waals surface area contributed by atoms with Crippen LogP contribution in [-0.4, -0.2) is 20.7 Å². The van der Waals surface area contributed by atoms with Crippen molar-refractivity contribution in [1.82, 2.24) is 14.8 Å². The van der Waals surface area contributed by atoms with Crippen LogP contribution < -0.4 is 5.73 Å². The molecule has 0 spiro atoms. The van der Waals surface area contributed by atoms with Gasteiger partial charge in [-0.1, -0.05) is 12.1 Å². The van der Waals surface area contributed by atoms with Crippen LogP contribution in [0, 0.1) is 5.82 Å². The molecule has 0 atom stereocenters. The Labute approximate surface area is 156 Å². The Balaban J connectivity index is 1.51. The standard InChI is InChI=1S/C21H19FN4O/c22-20-15(2-1-3-16(20)21(23)27)14-8-9-19(24-11-14)26-18(13-6-7-13)10-17(25-26)12-4-5-12/h1-3,8-13H,4-7H2,(H2,23,27). The van der Waals surface area contributed by atoms with Gasteiger partial charge < -0.3 is 5.73 Å². The van der Waals surface area contributed by atoms with Crippen LogP contribution in [0.15, 0.2) is 42.6 Å². The number of rotatable bonds is 5. The van der Waals surface area contributed by atoms with Crippen LogP contribution in [-0.2, 0) is 0 Å². The highest BCUT2D eigenvalue weighted by atomic mass is 19.1. The lowest BCUT2D eigenvalue weighted by Gasteiger charge is -2.09. The molecule has 6 heteroatoms. The van der Waals surface area contributed by atoms with E-state index in [9.17, 15) is 9.18 Å². The number of hydrogen-bond acceptors (Lipinski definition) is 3. The lowest BCUT2D eigenvalue weighted by atomic mass is 10.0. The summed E-state index contributed by atoms with van der Waals surface area (Å²) in [6.45, 7) is 0. The van der Waals surface area contributed by atoms with E-state index in [1.165, 1.54) is 37.4 Å². The number of primary amides is 1. The number of carbonyl (C=O) groups is 1. The third-order valence-electron chi connectivity index (χ3n) is 5.29. The van der Waals surface area contributed by atoms with Crippen molar-refractivity contribution < 1.29 is 9.18 Å². The van der Waals surface area contributed by atoms with E-state index in [0.29, 0.717) is 23.0 Å². The number of nitrogens with two attached hydrogens (primary N) is 1. The minimum atomic E-state index is -0.780. The maximum absolute atomic E-state index is 14.6. The summed E-state index contributed by atoms with van der Waals surface area (Å²) in [5, 5.41) is 4.78. The second-order valence-corrected chi connectivity index (χ2v) is 7.39. The first kappa shape index (κ1) is 16.2. The molecule has 2 aromatic heterocycles. The number of hydrogen-bond donors (Lipinski definition) is 1. The summed E-state index contributed by atoms with van der Waals surface area (Å²) < 4.78 is 16.5. The van der Waals surface area contributed by atoms with E-state index in [2.05, 4.69) is 11.1 Å². The summed E-state index contributed by atoms with van der Waals surface area (Å²) in [4.78, 5) is 15.9. The Bertz CT molecular complexity index is 1030. The first-order valence-electron chi connectivity index (χ1n) is 9.27. The zero-order valence-electron chi connectivity index (χ0n) is 14.7. The normalized spacial score (nSPS) is 16.5. The predicted octanol–water partition coefficient (Wildman–Crippen LogP) is 3.93. The Morgan fingerprint density at radius 3 is 2.52 bits per heavy atom. The third-order valence-corrected chi connectivity index (χ3v) is 5.29. The first-order chi connectivity index (χ1) is 13.1. The van der Waals surface area contributed by atoms with Crippen LogP contribution in [0.2, 0.25) is 0 Å². The van der Waals surface area contributed by atoms with Gasteiger partial charge in [0.15, 0.2) is 5.82 Å². The molecule has 2 aliphatic carbocycles. The molecule has 3 aromatic rings. The van der Waals surface area contributed by atoms with Gasteiger partial charge in [-0.15, -0.1) is 0 Å². The van der Waals surface area contributed by atoms with Crippen molar-refractivity contribution in [2.24, 2.45) is 5.73 Å². The monoisotopic (exact) mass is 362 g/mol. The molecular formula is C21H19FN4O. The van der Waals surface area contributed by atoms with E-state index in [0.717, 1.165) is 11.5 Å². The third kappa shape index (κ3) is 2.91. The number of pyridine rings is 1. The van der Waals surface area contributed by atoms with Gasteiger partial charge >= 0.3 is 0 Å². The van der Waals surface area contributed by atoms with Crippen LogP contribution in [0.3, 0.4) is 0 Å². The van der Waals surface area contributed by atoms with Gasteiger partial charge in [0.25, 0.3) is 5.91 Å². The van der Waals surface area contributed by atoms with Crippen molar-refractivity contribution in [3.63, 3.8) is 0 Å². The summed E-state index contributed by atoms with van der Waals surface area (Å²) in [5.74, 6) is 0.495. The zero-order chi connectivity index (χ0) is 18.5. The van der Waals surface area contributed by atoms with E-state index in [1.54, 1.807) is 24.4 Å². The van der Waals surface area contributed by atoms with E-state index in [-0.39, 0.29) is 5.56 Å². The fraction of sp³-hybridized carbons (Fsp3) is 0.286. The Morgan fingerprint density at radius 2 is 1.89 bits per heavy atom. The molecule has 5 nitrogen and oxygen atoms in total. The minimum Gasteiger partial charge on any atom is -0.366 e. The fourth-order valence-electron chi connectivity index (χ4n) is 3.46. The summed E-state index contributed by atoms with van der Waals surface area (Å²) in [6.07, 6.45) is 6.43. The lowest BCUT2D eigenvalue weighted by molar-refractivity contribution is 0.0996. The molecule has 2 aliphatic rings. The molecular weight excluding hydrogens is 343 g/mol. The van der Waals surface area contributed by atoms with Crippen molar-refractivity contribution in [2.45, 2.75) is 37.5 Å². The summed E-state index contributed by atoms with van der Waals surface area (Å²) >= 11 is 0. The van der Waals surface area contributed by atoms with Crippen LogP contribution in [0.1, 0.15) is 59.3 Å². The molecule has 2 heterocycles. The van der Waals surface area contributed by atoms with E-state index < -0.39 is 11.7 Å². The van der Waals surface area contributed by atoms with Crippen LogP contribution in [0.4, 0.5) is 4.39 Å². The quantitative estimate of drug-likeness (QED) is 0.747. The highest BCUT2D eigenvalue weighted by Crippen LogP contribution is 2.45. The van der Waals surface area contributed by atoms with Crippen LogP contribution >= 0.6 is 0 Å². The molecule has 27 heavy (non-hydrogen) atoms. The van der Waals surface area contributed by atoms with Crippen molar-refractivity contribution in [3.8, 4) is 16.9 Å². The zero-order valence-corrected chi connectivity index (χ0v) is 14.7. The average Bonchev–Trinajstić information content (AvgIpc) is 3.60. The van der Waals surface area contributed by atoms with Crippen LogP contribution in [0.5, 0.6) is 0 Å². The van der Waals surface area contributed by atoms with Gasteiger partial charge in [-0.05, 0) is 49.9 Å². The molecule has 2 N–H and O–H groups in total. The fourth-order valence-corrected chi connectivity index (χ4v) is 3.46. The maximum atomic E-state index is 14.6. The molecule has 0 unspecified atom stereocenters. The molecule has 1 aromatic carbocycles. The van der Waals surface area contributed by atoms with Gasteiger partial charge in [0, 0.05) is 34.9 Å². The van der Waals surface area contributed by atoms with Gasteiger partial charge in [-0.25, -0.2) is 14.1 Å². The smallest absolute Gasteiger partial charge is 0.251 e. The van der Waals surface area contributed by atoms with E-state index >= 15 is 0 Å². The minimum absolute atomic E-state index is 0.117. The second-order valence-electron chi connectivity index (χ2n) is 7.39. The highest BCUT2D eigenvalue weighted by molar-refractivity contribution is 5.94. The predicted molar refractivity (Wildman–Crippen MR) is 99.2 cm³/mol. The second kappa shape index (κ2) is 6.01.